The topological polar surface area (TPSA) is 51.6 Å². The fraction of sp³-hybridized carbons (Fsp3) is 0.321. The number of hydrogen-bond donors (Lipinski definition) is 1. The average molecular weight is 464 g/mol. The molecule has 6 heteroatoms. The van der Waals surface area contributed by atoms with Crippen molar-refractivity contribution in [1.82, 2.24) is 4.98 Å². The first kappa shape index (κ1) is 22.7. The normalized spacial score (nSPS) is 14.6. The molecule has 0 radical (unpaired) electrons. The average Bonchev–Trinajstić information content (AvgIpc) is 2.81. The molecule has 34 heavy (non-hydrogen) atoms. The molecule has 0 amide bonds. The van der Waals surface area contributed by atoms with Gasteiger partial charge in [0.2, 0.25) is 0 Å². The summed E-state index contributed by atoms with van der Waals surface area (Å²) in [5.41, 5.74) is 2.64. The molecule has 0 saturated heterocycles. The maximum absolute atomic E-state index is 14.5. The van der Waals surface area contributed by atoms with Gasteiger partial charge in [0.1, 0.15) is 11.9 Å². The van der Waals surface area contributed by atoms with Gasteiger partial charge in [0.25, 0.3) is 6.43 Å². The molecule has 4 aromatic rings. The van der Waals surface area contributed by atoms with Gasteiger partial charge in [-0.3, -0.25) is 4.98 Å². The van der Waals surface area contributed by atoms with E-state index in [9.17, 15) is 13.9 Å². The molecule has 4 nitrogen and oxygen atoms in total. The highest BCUT2D eigenvalue weighted by Crippen LogP contribution is 2.46. The summed E-state index contributed by atoms with van der Waals surface area (Å²) in [6.45, 7) is 5.70. The first-order valence-corrected chi connectivity index (χ1v) is 11.4. The molecule has 1 aromatic heterocycles. The van der Waals surface area contributed by atoms with Crippen molar-refractivity contribution >= 4 is 21.7 Å². The van der Waals surface area contributed by atoms with E-state index >= 15 is 0 Å². The number of aromatic nitrogens is 1. The van der Waals surface area contributed by atoms with E-state index in [0.29, 0.717) is 28.6 Å². The van der Waals surface area contributed by atoms with Gasteiger partial charge in [-0.15, -0.1) is 0 Å². The fourth-order valence-corrected chi connectivity index (χ4v) is 4.92. The van der Waals surface area contributed by atoms with E-state index in [1.165, 1.54) is 6.07 Å². The molecule has 2 heterocycles. The van der Waals surface area contributed by atoms with E-state index in [4.69, 9.17) is 9.47 Å². The van der Waals surface area contributed by atoms with Gasteiger partial charge in [0.05, 0.1) is 24.3 Å². The van der Waals surface area contributed by atoms with Gasteiger partial charge < -0.3 is 14.6 Å². The Hall–Kier alpha value is -3.09. The lowest BCUT2D eigenvalue weighted by Crippen LogP contribution is -2.26. The second-order valence-electron chi connectivity index (χ2n) is 9.58. The highest BCUT2D eigenvalue weighted by atomic mass is 19.3. The van der Waals surface area contributed by atoms with Gasteiger partial charge in [0.15, 0.2) is 0 Å². The minimum Gasteiger partial charge on any atom is -0.493 e. The largest absolute Gasteiger partial charge is 0.493 e. The number of aliphatic hydroxyl groups is 1. The number of aliphatic hydroxyl groups excluding tert-OH is 1. The van der Waals surface area contributed by atoms with Crippen molar-refractivity contribution < 1.29 is 23.4 Å². The molecule has 1 atom stereocenters. The minimum atomic E-state index is -2.74. The Labute approximate surface area is 197 Å². The zero-order chi connectivity index (χ0) is 24.0. The van der Waals surface area contributed by atoms with Crippen LogP contribution < -0.4 is 4.74 Å². The number of benzene rings is 3. The Morgan fingerprint density at radius 3 is 2.65 bits per heavy atom. The lowest BCUT2D eigenvalue weighted by atomic mass is 9.85. The smallest absolute Gasteiger partial charge is 0.264 e. The summed E-state index contributed by atoms with van der Waals surface area (Å²) in [6.07, 6.45) is -1.17. The Balaban J connectivity index is 1.92. The van der Waals surface area contributed by atoms with Gasteiger partial charge in [-0.1, -0.05) is 24.3 Å². The van der Waals surface area contributed by atoms with E-state index in [1.807, 2.05) is 63.2 Å². The maximum atomic E-state index is 14.5. The number of nitrogens with zero attached hydrogens (tertiary/aromatic N) is 1. The van der Waals surface area contributed by atoms with Crippen LogP contribution in [0.2, 0.25) is 0 Å². The maximum Gasteiger partial charge on any atom is 0.264 e. The van der Waals surface area contributed by atoms with Crippen molar-refractivity contribution in [2.75, 3.05) is 13.2 Å². The minimum absolute atomic E-state index is 0.145. The second-order valence-corrected chi connectivity index (χ2v) is 9.58. The van der Waals surface area contributed by atoms with Gasteiger partial charge in [-0.25, -0.2) is 8.78 Å². The van der Waals surface area contributed by atoms with Crippen molar-refractivity contribution in [3.63, 3.8) is 0 Å². The van der Waals surface area contributed by atoms with Gasteiger partial charge in [-0.05, 0) is 66.9 Å². The number of fused-ring (bicyclic) bond motifs is 1. The van der Waals surface area contributed by atoms with Crippen LogP contribution in [0.25, 0.3) is 32.8 Å². The van der Waals surface area contributed by atoms with Gasteiger partial charge >= 0.3 is 0 Å². The number of hydrogen-bond acceptors (Lipinski definition) is 4. The Kier molecular flexibility index (Phi) is 5.74. The van der Waals surface area contributed by atoms with Crippen molar-refractivity contribution in [2.24, 2.45) is 0 Å². The van der Waals surface area contributed by atoms with Crippen LogP contribution in [-0.4, -0.2) is 28.9 Å². The summed E-state index contributed by atoms with van der Waals surface area (Å²) >= 11 is 0. The highest BCUT2D eigenvalue weighted by Gasteiger charge is 2.31. The first-order valence-electron chi connectivity index (χ1n) is 11.4. The predicted octanol–water partition coefficient (Wildman–Crippen LogP) is 6.78. The van der Waals surface area contributed by atoms with E-state index in [2.05, 4.69) is 4.98 Å². The van der Waals surface area contributed by atoms with E-state index in [0.717, 1.165) is 34.1 Å². The molecule has 1 aliphatic rings. The number of halogens is 2. The summed E-state index contributed by atoms with van der Waals surface area (Å²) in [5, 5.41) is 12.7. The molecule has 0 aliphatic carbocycles. The van der Waals surface area contributed by atoms with Crippen molar-refractivity contribution in [2.45, 2.75) is 45.3 Å². The van der Waals surface area contributed by atoms with Crippen LogP contribution in [-0.2, 0) is 11.2 Å². The molecule has 0 bridgehead atoms. The lowest BCUT2D eigenvalue weighted by molar-refractivity contribution is -0.0830. The molecule has 5 rings (SSSR count). The molecule has 3 aromatic carbocycles. The quantitative estimate of drug-likeness (QED) is 0.355. The molecular formula is C28H27F2NO3. The Morgan fingerprint density at radius 1 is 1.12 bits per heavy atom. The van der Waals surface area contributed by atoms with Crippen LogP contribution in [0.5, 0.6) is 5.75 Å². The Morgan fingerprint density at radius 2 is 1.91 bits per heavy atom. The van der Waals surface area contributed by atoms with E-state index in [1.54, 1.807) is 6.20 Å². The van der Waals surface area contributed by atoms with Crippen molar-refractivity contribution in [1.29, 1.82) is 0 Å². The third-order valence-corrected chi connectivity index (χ3v) is 6.18. The number of rotatable bonds is 5. The summed E-state index contributed by atoms with van der Waals surface area (Å²) in [5.74, 6) is 0.744. The number of alkyl halides is 2. The number of ether oxygens (including phenoxy) is 2. The number of pyridine rings is 1. The van der Waals surface area contributed by atoms with Gasteiger partial charge in [-0.2, -0.15) is 0 Å². The van der Waals surface area contributed by atoms with Crippen LogP contribution >= 0.6 is 0 Å². The van der Waals surface area contributed by atoms with Gasteiger partial charge in [0, 0.05) is 34.7 Å². The monoisotopic (exact) mass is 463 g/mol. The van der Waals surface area contributed by atoms with Crippen LogP contribution in [0.1, 0.15) is 50.0 Å². The molecule has 0 spiro atoms. The van der Waals surface area contributed by atoms with Crippen LogP contribution in [0.4, 0.5) is 8.78 Å². The summed E-state index contributed by atoms with van der Waals surface area (Å²) in [7, 11) is 0. The summed E-state index contributed by atoms with van der Waals surface area (Å²) < 4.78 is 41.0. The molecule has 0 saturated carbocycles. The second kappa shape index (κ2) is 8.60. The lowest BCUT2D eigenvalue weighted by Gasteiger charge is -2.30. The zero-order valence-corrected chi connectivity index (χ0v) is 19.4. The first-order chi connectivity index (χ1) is 16.3. The van der Waals surface area contributed by atoms with Crippen LogP contribution in [0, 0.1) is 0 Å². The fourth-order valence-electron chi connectivity index (χ4n) is 4.92. The molecule has 1 aliphatic heterocycles. The van der Waals surface area contributed by atoms with Crippen molar-refractivity contribution in [3.8, 4) is 16.9 Å². The highest BCUT2D eigenvalue weighted by molar-refractivity contribution is 6.08. The molecule has 1 unspecified atom stereocenters. The summed E-state index contributed by atoms with van der Waals surface area (Å²) in [6, 6.07) is 14.7. The third-order valence-electron chi connectivity index (χ3n) is 6.18. The molecule has 176 valence electrons. The SMILES string of the molecule is CC(C)(C)OC(CO)c1c(C(F)F)cc2ccccc2c1-c1ccc2c3c(ccnc13)CCO2. The molecule has 1 N–H and O–H groups in total. The predicted molar refractivity (Wildman–Crippen MR) is 130 cm³/mol. The van der Waals surface area contributed by atoms with E-state index in [-0.39, 0.29) is 5.56 Å². The molecular weight excluding hydrogens is 436 g/mol. The van der Waals surface area contributed by atoms with Crippen LogP contribution in [0.3, 0.4) is 0 Å². The van der Waals surface area contributed by atoms with E-state index < -0.39 is 24.7 Å². The van der Waals surface area contributed by atoms with Crippen LogP contribution in [0.15, 0.2) is 54.7 Å². The third kappa shape index (κ3) is 3.91. The van der Waals surface area contributed by atoms with Crippen molar-refractivity contribution in [3.05, 3.63) is 71.4 Å². The zero-order valence-electron chi connectivity index (χ0n) is 19.4. The standard InChI is InChI=1S/C28H27F2NO3/c1-28(2,3)34-22(15-32)25-20(27(29)30)14-17-6-4-5-7-18(17)24(25)19-8-9-21-23-16(11-13-33-21)10-12-31-26(19)23/h4-10,12,14,22,27,32H,11,13,15H2,1-3H3. The summed E-state index contributed by atoms with van der Waals surface area (Å²) in [4.78, 5) is 4.67. The molecule has 0 fully saturated rings. The Bertz CT molecular complexity index is 1370.